The summed E-state index contributed by atoms with van der Waals surface area (Å²) in [5.74, 6) is 2.25. The molecule has 11 heteroatoms. The predicted octanol–water partition coefficient (Wildman–Crippen LogP) is 6.01. The Hall–Kier alpha value is 0.588. The van der Waals surface area contributed by atoms with Gasteiger partial charge in [0.25, 0.3) is 0 Å². The van der Waals surface area contributed by atoms with E-state index < -0.39 is 35.0 Å². The van der Waals surface area contributed by atoms with E-state index in [1.54, 1.807) is 0 Å². The highest BCUT2D eigenvalue weighted by Gasteiger charge is 2.54. The molecule has 4 saturated heterocycles. The molecule has 0 spiro atoms. The van der Waals surface area contributed by atoms with Gasteiger partial charge in [-0.15, -0.1) is 0 Å². The Morgan fingerprint density at radius 3 is 1.23 bits per heavy atom. The van der Waals surface area contributed by atoms with E-state index in [9.17, 15) is 0 Å². The Labute approximate surface area is 240 Å². The van der Waals surface area contributed by atoms with Gasteiger partial charge < -0.3 is 30.7 Å². The summed E-state index contributed by atoms with van der Waals surface area (Å²) in [4.78, 5) is 0. The van der Waals surface area contributed by atoms with E-state index in [-0.39, 0.29) is 0 Å². The van der Waals surface area contributed by atoms with Gasteiger partial charge in [0.15, 0.2) is 0 Å². The van der Waals surface area contributed by atoms with Crippen molar-refractivity contribution in [3.8, 4) is 0 Å². The maximum absolute atomic E-state index is 7.34. The summed E-state index contributed by atoms with van der Waals surface area (Å²) in [5.41, 5.74) is 0. The average Bonchev–Trinajstić information content (AvgIpc) is 3.76. The Bertz CT molecular complexity index is 850. The van der Waals surface area contributed by atoms with Crippen LogP contribution in [0.2, 0.25) is 44.3 Å². The third-order valence-electron chi connectivity index (χ3n) is 11.1. The van der Waals surface area contributed by atoms with Crippen molar-refractivity contribution in [2.45, 2.75) is 158 Å². The van der Waals surface area contributed by atoms with E-state index >= 15 is 0 Å². The minimum atomic E-state index is -2.49. The van der Waals surface area contributed by atoms with E-state index in [0.717, 1.165) is 35.9 Å². The first-order valence-electron chi connectivity index (χ1n) is 16.4. The lowest BCUT2D eigenvalue weighted by atomic mass is 9.88. The van der Waals surface area contributed by atoms with Crippen molar-refractivity contribution in [1.29, 1.82) is 0 Å². The van der Waals surface area contributed by atoms with Gasteiger partial charge in [-0.1, -0.05) is 0 Å². The highest BCUT2D eigenvalue weighted by molar-refractivity contribution is 6.90. The van der Waals surface area contributed by atoms with Crippen LogP contribution in [0.15, 0.2) is 0 Å². The van der Waals surface area contributed by atoms with Gasteiger partial charge in [-0.05, 0) is 139 Å². The molecule has 7 fully saturated rings. The monoisotopic (exact) mass is 612 g/mol. The molecule has 7 nitrogen and oxygen atoms in total. The van der Waals surface area contributed by atoms with Crippen LogP contribution in [0, 0.1) is 17.8 Å². The minimum absolute atomic E-state index is 0.534. The fourth-order valence-corrected chi connectivity index (χ4v) is 29.4. The van der Waals surface area contributed by atoms with Crippen LogP contribution in [0.4, 0.5) is 0 Å². The third kappa shape index (κ3) is 7.05. The lowest BCUT2D eigenvalue weighted by molar-refractivity contribution is 0.228. The molecule has 0 aromatic carbocycles. The SMILES string of the molecule is C[SiH]1O[Si](C)(CCC2CCC3OC3C2)O[Si](C)(CCC2CCC3OC3C2)O[Si](C)(CCC2CCC3OC3C2)O1. The molecule has 3 aliphatic carbocycles. The molecule has 7 aliphatic rings. The van der Waals surface area contributed by atoms with Crippen molar-refractivity contribution in [1.82, 2.24) is 0 Å². The lowest BCUT2D eigenvalue weighted by Crippen LogP contribution is -2.63. The van der Waals surface area contributed by atoms with Crippen LogP contribution >= 0.6 is 0 Å². The van der Waals surface area contributed by atoms with Crippen molar-refractivity contribution < 1.29 is 30.7 Å². The number of hydrogen-bond donors (Lipinski definition) is 0. The molecule has 0 aromatic heterocycles. The van der Waals surface area contributed by atoms with Crippen LogP contribution in [0.25, 0.3) is 0 Å². The molecule has 3 saturated carbocycles. The first-order chi connectivity index (χ1) is 18.6. The maximum Gasteiger partial charge on any atom is 0.317 e. The summed E-state index contributed by atoms with van der Waals surface area (Å²) in [6, 6.07) is 3.18. The molecular weight excluding hydrogens is 561 g/mol. The summed E-state index contributed by atoms with van der Waals surface area (Å²) < 4.78 is 46.1. The molecule has 0 radical (unpaired) electrons. The molecule has 222 valence electrons. The van der Waals surface area contributed by atoms with Crippen LogP contribution in [0.1, 0.15) is 77.0 Å². The van der Waals surface area contributed by atoms with Gasteiger partial charge in [0.1, 0.15) is 0 Å². The van der Waals surface area contributed by atoms with E-state index in [2.05, 4.69) is 26.2 Å². The van der Waals surface area contributed by atoms with Crippen LogP contribution in [0.3, 0.4) is 0 Å². The fraction of sp³-hybridized carbons (Fsp3) is 1.00. The van der Waals surface area contributed by atoms with Gasteiger partial charge in [-0.2, -0.15) is 0 Å². The van der Waals surface area contributed by atoms with Crippen molar-refractivity contribution in [3.63, 3.8) is 0 Å². The second-order valence-electron chi connectivity index (χ2n) is 14.7. The van der Waals surface area contributed by atoms with Gasteiger partial charge in [0.05, 0.1) is 36.6 Å². The molecule has 7 rings (SSSR count). The fourth-order valence-electron chi connectivity index (χ4n) is 8.68. The summed E-state index contributed by atoms with van der Waals surface area (Å²) in [5, 5.41) is 0. The zero-order valence-corrected chi connectivity index (χ0v) is 28.9. The molecular formula is C28H52O7Si4. The van der Waals surface area contributed by atoms with Crippen molar-refractivity contribution in [2.24, 2.45) is 17.8 Å². The van der Waals surface area contributed by atoms with E-state index in [1.165, 1.54) is 77.0 Å². The molecule has 0 N–H and O–H groups in total. The zero-order chi connectivity index (χ0) is 26.8. The van der Waals surface area contributed by atoms with Crippen molar-refractivity contribution >= 4 is 35.0 Å². The molecule has 4 heterocycles. The summed E-state index contributed by atoms with van der Waals surface area (Å²) in [6.45, 7) is 9.25. The van der Waals surface area contributed by atoms with Gasteiger partial charge in [0, 0.05) is 0 Å². The second kappa shape index (κ2) is 10.9. The largest absolute Gasteiger partial charge is 0.418 e. The number of rotatable bonds is 9. The van der Waals surface area contributed by atoms with Crippen LogP contribution in [-0.4, -0.2) is 71.6 Å². The molecule has 11 atom stereocenters. The molecule has 11 unspecified atom stereocenters. The third-order valence-corrected chi connectivity index (χ3v) is 28.2. The second-order valence-corrected chi connectivity index (χ2v) is 27.7. The van der Waals surface area contributed by atoms with E-state index in [1.807, 2.05) is 0 Å². The topological polar surface area (TPSA) is 74.5 Å². The summed E-state index contributed by atoms with van der Waals surface area (Å²) in [7, 11) is -9.16. The van der Waals surface area contributed by atoms with E-state index in [4.69, 9.17) is 30.7 Å². The molecule has 0 amide bonds. The van der Waals surface area contributed by atoms with Crippen LogP contribution in [0.5, 0.6) is 0 Å². The minimum Gasteiger partial charge on any atom is -0.418 e. The summed E-state index contributed by atoms with van der Waals surface area (Å²) in [6.07, 6.45) is 18.2. The van der Waals surface area contributed by atoms with E-state index in [0.29, 0.717) is 36.6 Å². The first kappa shape index (κ1) is 28.4. The maximum atomic E-state index is 7.34. The van der Waals surface area contributed by atoms with Gasteiger partial charge in [0.2, 0.25) is 0 Å². The highest BCUT2D eigenvalue weighted by Crippen LogP contribution is 2.46. The van der Waals surface area contributed by atoms with Gasteiger partial charge in [-0.3, -0.25) is 0 Å². The van der Waals surface area contributed by atoms with Crippen molar-refractivity contribution in [2.75, 3.05) is 0 Å². The number of ether oxygens (including phenoxy) is 3. The molecule has 0 aromatic rings. The predicted molar refractivity (Wildman–Crippen MR) is 158 cm³/mol. The Balaban J connectivity index is 1.02. The van der Waals surface area contributed by atoms with Gasteiger partial charge >= 0.3 is 35.0 Å². The Morgan fingerprint density at radius 2 is 0.872 bits per heavy atom. The number of fused-ring (bicyclic) bond motifs is 3. The van der Waals surface area contributed by atoms with Crippen molar-refractivity contribution in [3.05, 3.63) is 0 Å². The molecule has 0 bridgehead atoms. The number of hydrogen-bond acceptors (Lipinski definition) is 7. The van der Waals surface area contributed by atoms with Gasteiger partial charge in [-0.25, -0.2) is 0 Å². The quantitative estimate of drug-likeness (QED) is 0.233. The average molecular weight is 613 g/mol. The zero-order valence-electron chi connectivity index (χ0n) is 24.7. The lowest BCUT2D eigenvalue weighted by Gasteiger charge is -2.47. The first-order valence-corrected chi connectivity index (χ1v) is 26.0. The Morgan fingerprint density at radius 1 is 0.513 bits per heavy atom. The standard InChI is InChI=1S/C28H52O7Si4/c1-36-32-37(2,14-11-20-5-8-23-26(17-20)29-23)34-39(4,16-13-22-7-10-25-28(19-22)31-25)35-38(3,33-36)15-12-21-6-9-24-27(18-21)30-24/h20-28,36H,5-19H2,1-4H3. The van der Waals surface area contributed by atoms with Crippen LogP contribution < -0.4 is 0 Å². The molecule has 39 heavy (non-hydrogen) atoms. The smallest absolute Gasteiger partial charge is 0.317 e. The highest BCUT2D eigenvalue weighted by atomic mass is 28.5. The molecule has 4 aliphatic heterocycles. The number of epoxide rings is 3. The Kier molecular flexibility index (Phi) is 7.96. The van der Waals surface area contributed by atoms with Crippen LogP contribution in [-0.2, 0) is 30.7 Å². The summed E-state index contributed by atoms with van der Waals surface area (Å²) >= 11 is 0. The normalized spacial score (nSPS) is 54.5.